The van der Waals surface area contributed by atoms with Gasteiger partial charge in [0.25, 0.3) is 0 Å². The van der Waals surface area contributed by atoms with Crippen LogP contribution in [0.4, 0.5) is 22.6 Å². The van der Waals surface area contributed by atoms with E-state index in [0.717, 1.165) is 17.9 Å². The Morgan fingerprint density at radius 3 is 1.95 bits per heavy atom. The van der Waals surface area contributed by atoms with Gasteiger partial charge in [0.2, 0.25) is 17.8 Å². The zero-order chi connectivity index (χ0) is 15.5. The maximum atomic E-state index is 10.4. The van der Waals surface area contributed by atoms with Gasteiger partial charge in [-0.05, 0) is 6.42 Å². The average Bonchev–Trinajstić information content (AvgIpc) is 2.33. The van der Waals surface area contributed by atoms with Crippen molar-refractivity contribution in [3.63, 3.8) is 0 Å². The number of primary amides is 1. The van der Waals surface area contributed by atoms with Crippen LogP contribution < -0.4 is 22.9 Å². The molecule has 0 radical (unpaired) electrons. The van der Waals surface area contributed by atoms with Gasteiger partial charge in [-0.25, -0.2) is 4.79 Å². The van der Waals surface area contributed by atoms with Gasteiger partial charge in [-0.3, -0.25) is 4.84 Å². The van der Waals surface area contributed by atoms with Crippen molar-refractivity contribution < 1.29 is 14.7 Å². The van der Waals surface area contributed by atoms with E-state index in [1.807, 2.05) is 6.92 Å². The summed E-state index contributed by atoms with van der Waals surface area (Å²) < 4.78 is 0. The number of nitrogens with two attached hydrogens (primary N) is 4. The molecular weight excluding hydrogens is 268 g/mol. The molecule has 11 nitrogen and oxygen atoms in total. The summed E-state index contributed by atoms with van der Waals surface area (Å²) in [6, 6.07) is -0.774. The zero-order valence-corrected chi connectivity index (χ0v) is 11.2. The number of nitrogen functional groups attached to an aromatic ring is 3. The second-order valence-electron chi connectivity index (χ2n) is 3.45. The highest BCUT2D eigenvalue weighted by Crippen LogP contribution is 1.97. The molecular formula is C9H20N8O3. The number of aliphatic hydroxyl groups is 1. The molecule has 1 aromatic heterocycles. The minimum Gasteiger partial charge on any atom is -0.374 e. The van der Waals surface area contributed by atoms with Crippen LogP contribution in [-0.2, 0) is 4.84 Å². The topological polar surface area (TPSA) is 193 Å². The highest BCUT2D eigenvalue weighted by atomic mass is 16.7. The second kappa shape index (κ2) is 9.52. The van der Waals surface area contributed by atoms with Gasteiger partial charge in [-0.2, -0.15) is 20.0 Å². The molecule has 0 aliphatic carbocycles. The first-order valence-electron chi connectivity index (χ1n) is 5.73. The van der Waals surface area contributed by atoms with Gasteiger partial charge in [0.1, 0.15) is 6.73 Å². The van der Waals surface area contributed by atoms with E-state index in [2.05, 4.69) is 15.0 Å². The number of rotatable bonds is 5. The van der Waals surface area contributed by atoms with Crippen LogP contribution in [0.5, 0.6) is 0 Å². The molecule has 0 aliphatic rings. The van der Waals surface area contributed by atoms with Gasteiger partial charge in [-0.15, -0.1) is 0 Å². The average molecular weight is 288 g/mol. The number of hydrogen-bond donors (Lipinski definition) is 5. The van der Waals surface area contributed by atoms with Crippen molar-refractivity contribution in [3.05, 3.63) is 0 Å². The molecule has 0 aromatic carbocycles. The highest BCUT2D eigenvalue weighted by Gasteiger charge is 2.06. The predicted octanol–water partition coefficient (Wildman–Crippen LogP) is -1.33. The van der Waals surface area contributed by atoms with E-state index in [1.165, 1.54) is 0 Å². The maximum absolute atomic E-state index is 10.4. The van der Waals surface area contributed by atoms with Crippen molar-refractivity contribution in [2.24, 2.45) is 5.73 Å². The third kappa shape index (κ3) is 7.84. The Kier molecular flexibility index (Phi) is 8.38. The van der Waals surface area contributed by atoms with Gasteiger partial charge in [-0.1, -0.05) is 13.3 Å². The summed E-state index contributed by atoms with van der Waals surface area (Å²) in [6.07, 6.45) is 1.81. The number of urea groups is 1. The molecule has 11 heteroatoms. The van der Waals surface area contributed by atoms with Crippen molar-refractivity contribution >= 4 is 23.9 Å². The fraction of sp³-hybridized carbons (Fsp3) is 0.556. The molecule has 0 atom stereocenters. The lowest BCUT2D eigenvalue weighted by atomic mass is 10.4. The first-order valence-corrected chi connectivity index (χ1v) is 5.73. The molecule has 0 aliphatic heterocycles. The summed E-state index contributed by atoms with van der Waals surface area (Å²) in [6.45, 7) is 1.90. The minimum atomic E-state index is -0.774. The number of unbranched alkanes of at least 4 members (excludes halogenated alkanes) is 1. The van der Waals surface area contributed by atoms with Gasteiger partial charge in [0.15, 0.2) is 0 Å². The number of carbonyl (C=O) groups excluding carboxylic acids is 1. The fourth-order valence-electron chi connectivity index (χ4n) is 0.920. The van der Waals surface area contributed by atoms with E-state index >= 15 is 0 Å². The molecule has 0 saturated carbocycles. The number of hydroxylamine groups is 2. The van der Waals surface area contributed by atoms with Crippen LogP contribution in [0.2, 0.25) is 0 Å². The molecule has 1 heterocycles. The molecule has 0 fully saturated rings. The van der Waals surface area contributed by atoms with Gasteiger partial charge < -0.3 is 28.0 Å². The Morgan fingerprint density at radius 2 is 1.65 bits per heavy atom. The van der Waals surface area contributed by atoms with Crippen LogP contribution in [0, 0.1) is 0 Å². The van der Waals surface area contributed by atoms with E-state index in [0.29, 0.717) is 6.61 Å². The molecule has 0 unspecified atom stereocenters. The molecule has 2 amide bonds. The van der Waals surface area contributed by atoms with Crippen LogP contribution in [0.25, 0.3) is 0 Å². The third-order valence-corrected chi connectivity index (χ3v) is 1.81. The maximum Gasteiger partial charge on any atom is 0.340 e. The Hall–Kier alpha value is -2.40. The molecule has 0 spiro atoms. The van der Waals surface area contributed by atoms with E-state index in [9.17, 15) is 4.79 Å². The monoisotopic (exact) mass is 288 g/mol. The summed E-state index contributed by atoms with van der Waals surface area (Å²) in [5.41, 5.74) is 20.2. The van der Waals surface area contributed by atoms with Crippen molar-refractivity contribution in [2.75, 3.05) is 30.5 Å². The second-order valence-corrected chi connectivity index (χ2v) is 3.45. The largest absolute Gasteiger partial charge is 0.374 e. The number of aliphatic hydroxyl groups excluding tert-OH is 1. The van der Waals surface area contributed by atoms with Gasteiger partial charge in [0.05, 0.1) is 6.61 Å². The van der Waals surface area contributed by atoms with Crippen LogP contribution >= 0.6 is 0 Å². The summed E-state index contributed by atoms with van der Waals surface area (Å²) in [7, 11) is 0. The van der Waals surface area contributed by atoms with Crippen molar-refractivity contribution in [3.8, 4) is 0 Å². The lowest BCUT2D eigenvalue weighted by molar-refractivity contribution is -0.154. The molecule has 20 heavy (non-hydrogen) atoms. The molecule has 1 aromatic rings. The van der Waals surface area contributed by atoms with Crippen molar-refractivity contribution in [2.45, 2.75) is 19.8 Å². The SMILES string of the molecule is CCCCON(CO)C(N)=O.Nc1nc(N)nc(N)n1. The molecule has 1 rings (SSSR count). The summed E-state index contributed by atoms with van der Waals surface area (Å²) in [5.74, 6) is 0.125. The van der Waals surface area contributed by atoms with Gasteiger partial charge >= 0.3 is 6.03 Å². The molecule has 9 N–H and O–H groups in total. The normalized spacial score (nSPS) is 9.50. The third-order valence-electron chi connectivity index (χ3n) is 1.81. The number of aromatic nitrogens is 3. The Labute approximate surface area is 115 Å². The van der Waals surface area contributed by atoms with Crippen LogP contribution in [0.15, 0.2) is 0 Å². The van der Waals surface area contributed by atoms with E-state index in [4.69, 9.17) is 32.9 Å². The number of nitrogens with zero attached hydrogens (tertiary/aromatic N) is 4. The lowest BCUT2D eigenvalue weighted by Gasteiger charge is -2.15. The summed E-state index contributed by atoms with van der Waals surface area (Å²) in [4.78, 5) is 25.7. The van der Waals surface area contributed by atoms with Crippen LogP contribution in [0.1, 0.15) is 19.8 Å². The number of amides is 2. The molecule has 114 valence electrons. The van der Waals surface area contributed by atoms with Crippen LogP contribution in [-0.4, -0.2) is 44.5 Å². The standard InChI is InChI=1S/C6H14N2O3.C3H6N6/c1-2-3-4-11-8(5-9)6(7)10;4-1-7-2(5)9-3(6)8-1/h9H,2-5H2,1H3,(H2,7,10);(H6,4,5,6,7,8,9). The first kappa shape index (κ1) is 17.6. The van der Waals surface area contributed by atoms with E-state index < -0.39 is 12.8 Å². The zero-order valence-electron chi connectivity index (χ0n) is 11.2. The first-order chi connectivity index (χ1) is 9.40. The van der Waals surface area contributed by atoms with Crippen LogP contribution in [0.3, 0.4) is 0 Å². The molecule has 0 bridgehead atoms. The molecule has 0 saturated heterocycles. The quantitative estimate of drug-likeness (QED) is 0.248. The Balaban J connectivity index is 0.000000367. The smallest absolute Gasteiger partial charge is 0.340 e. The van der Waals surface area contributed by atoms with E-state index in [1.54, 1.807) is 0 Å². The Bertz CT molecular complexity index is 366. The number of hydrogen-bond acceptors (Lipinski definition) is 9. The summed E-state index contributed by atoms with van der Waals surface area (Å²) in [5, 5.41) is 9.21. The Morgan fingerprint density at radius 1 is 1.20 bits per heavy atom. The fourth-order valence-corrected chi connectivity index (χ4v) is 0.920. The van der Waals surface area contributed by atoms with Crippen molar-refractivity contribution in [1.29, 1.82) is 0 Å². The number of carbonyl (C=O) groups is 1. The number of anilines is 3. The highest BCUT2D eigenvalue weighted by molar-refractivity contribution is 5.70. The summed E-state index contributed by atoms with van der Waals surface area (Å²) >= 11 is 0. The van der Waals surface area contributed by atoms with E-state index in [-0.39, 0.29) is 17.8 Å². The van der Waals surface area contributed by atoms with Gasteiger partial charge in [0, 0.05) is 0 Å². The lowest BCUT2D eigenvalue weighted by Crippen LogP contribution is -2.36. The van der Waals surface area contributed by atoms with Crippen molar-refractivity contribution in [1.82, 2.24) is 20.0 Å². The minimum absolute atomic E-state index is 0.0417. The predicted molar refractivity (Wildman–Crippen MR) is 72.4 cm³/mol.